The summed E-state index contributed by atoms with van der Waals surface area (Å²) < 4.78 is 7.41. The van der Waals surface area contributed by atoms with Gasteiger partial charge in [0.05, 0.1) is 22.5 Å². The smallest absolute Gasteiger partial charge is 0.164 e. The monoisotopic (exact) mass is 440 g/mol. The minimum absolute atomic E-state index is 0.263. The molecule has 1 aromatic carbocycles. The lowest BCUT2D eigenvalue weighted by molar-refractivity contribution is -0.0848. The largest absolute Gasteiger partial charge is 0.387 e. The van der Waals surface area contributed by atoms with Crippen molar-refractivity contribution in [2.75, 3.05) is 12.6 Å². The van der Waals surface area contributed by atoms with E-state index in [2.05, 4.69) is 15.4 Å². The van der Waals surface area contributed by atoms with Gasteiger partial charge < -0.3 is 24.6 Å². The maximum absolute atomic E-state index is 10.7. The number of aliphatic hydroxyl groups is 3. The highest BCUT2D eigenvalue weighted by atomic mass is 35.5. The van der Waals surface area contributed by atoms with Gasteiger partial charge in [0.1, 0.15) is 36.4 Å². The number of halogens is 2. The Bertz CT molecular complexity index is 1030. The lowest BCUT2D eigenvalue weighted by Gasteiger charge is -2.21. The fourth-order valence-electron chi connectivity index (χ4n) is 3.42. The van der Waals surface area contributed by atoms with Crippen LogP contribution in [0.4, 0.5) is 5.82 Å². The van der Waals surface area contributed by atoms with E-state index in [0.717, 1.165) is 0 Å². The molecule has 154 valence electrons. The van der Waals surface area contributed by atoms with Gasteiger partial charge in [0, 0.05) is 6.20 Å². The Morgan fingerprint density at radius 1 is 1.17 bits per heavy atom. The van der Waals surface area contributed by atoms with E-state index in [1.807, 2.05) is 0 Å². The Morgan fingerprint density at radius 3 is 2.69 bits per heavy atom. The molecule has 0 aliphatic carbocycles. The van der Waals surface area contributed by atoms with Crippen LogP contribution in [0.15, 0.2) is 36.8 Å². The van der Waals surface area contributed by atoms with Crippen LogP contribution in [0, 0.1) is 0 Å². The number of nitrogens with one attached hydrogen (secondary N) is 1. The fourth-order valence-corrected chi connectivity index (χ4v) is 3.72. The molecule has 11 heteroatoms. The molecule has 5 atom stereocenters. The normalized spacial score (nSPS) is 25.4. The van der Waals surface area contributed by atoms with Crippen LogP contribution in [0.1, 0.15) is 17.9 Å². The molecule has 1 saturated heterocycles. The molecule has 0 unspecified atom stereocenters. The molecule has 4 rings (SSSR count). The van der Waals surface area contributed by atoms with Gasteiger partial charge in [0.15, 0.2) is 12.0 Å². The van der Waals surface area contributed by atoms with Crippen molar-refractivity contribution in [3.8, 4) is 0 Å². The number of rotatable bonds is 5. The Kier molecular flexibility index (Phi) is 5.63. The van der Waals surface area contributed by atoms with Crippen LogP contribution in [-0.2, 0) is 9.57 Å². The van der Waals surface area contributed by atoms with Crippen LogP contribution >= 0.6 is 23.2 Å². The molecule has 0 amide bonds. The van der Waals surface area contributed by atoms with Crippen LogP contribution < -0.4 is 5.48 Å². The summed E-state index contributed by atoms with van der Waals surface area (Å²) in [4.78, 5) is 13.2. The molecule has 4 N–H and O–H groups in total. The maximum Gasteiger partial charge on any atom is 0.164 e. The molecule has 9 nitrogen and oxygen atoms in total. The van der Waals surface area contributed by atoms with Crippen LogP contribution in [-0.4, -0.2) is 55.3 Å². The molecule has 29 heavy (non-hydrogen) atoms. The standard InChI is InChI=1S/C18H18Cl2N4O5/c1-28-23-16-9-4-5-24(17(9)22-7-21-16)18-14(27)13(26)15(29-18)12(25)8-2-3-10(19)11(20)6-8/h2-7,12-15,18,25-27H,1H3,(H,21,22,23)/t12-,13+,14-,15-,18-/m1/s1. The second-order valence-electron chi connectivity index (χ2n) is 6.58. The second kappa shape index (κ2) is 8.04. The Labute approximate surface area is 175 Å². The summed E-state index contributed by atoms with van der Waals surface area (Å²) in [5, 5.41) is 33.1. The van der Waals surface area contributed by atoms with Crippen LogP contribution in [0.25, 0.3) is 11.0 Å². The lowest BCUT2D eigenvalue weighted by atomic mass is 9.99. The number of hydrogen-bond acceptors (Lipinski definition) is 8. The number of fused-ring (bicyclic) bond motifs is 1. The zero-order valence-corrected chi connectivity index (χ0v) is 16.6. The first kappa shape index (κ1) is 20.3. The van der Waals surface area contributed by atoms with Crippen molar-refractivity contribution in [2.24, 2.45) is 0 Å². The molecule has 3 heterocycles. The van der Waals surface area contributed by atoms with Gasteiger partial charge in [0.2, 0.25) is 0 Å². The second-order valence-corrected chi connectivity index (χ2v) is 7.39. The third kappa shape index (κ3) is 3.55. The number of ether oxygens (including phenoxy) is 1. The van der Waals surface area contributed by atoms with E-state index >= 15 is 0 Å². The fraction of sp³-hybridized carbons (Fsp3) is 0.333. The van der Waals surface area contributed by atoms with Crippen molar-refractivity contribution in [3.05, 3.63) is 52.4 Å². The van der Waals surface area contributed by atoms with Gasteiger partial charge in [-0.3, -0.25) is 4.84 Å². The first-order valence-electron chi connectivity index (χ1n) is 8.67. The van der Waals surface area contributed by atoms with Gasteiger partial charge in [-0.15, -0.1) is 0 Å². The summed E-state index contributed by atoms with van der Waals surface area (Å²) in [5.41, 5.74) is 3.52. The molecule has 1 aliphatic heterocycles. The summed E-state index contributed by atoms with van der Waals surface area (Å²) in [5.74, 6) is 0.441. The van der Waals surface area contributed by atoms with E-state index in [1.165, 1.54) is 19.5 Å². The molecular formula is C18H18Cl2N4O5. The third-order valence-electron chi connectivity index (χ3n) is 4.85. The minimum atomic E-state index is -1.35. The van der Waals surface area contributed by atoms with Gasteiger partial charge in [-0.05, 0) is 23.8 Å². The minimum Gasteiger partial charge on any atom is -0.387 e. The van der Waals surface area contributed by atoms with E-state index in [9.17, 15) is 15.3 Å². The van der Waals surface area contributed by atoms with E-state index in [-0.39, 0.29) is 5.02 Å². The predicted octanol–water partition coefficient (Wildman–Crippen LogP) is 2.06. The van der Waals surface area contributed by atoms with Crippen molar-refractivity contribution < 1.29 is 24.9 Å². The predicted molar refractivity (Wildman–Crippen MR) is 106 cm³/mol. The summed E-state index contributed by atoms with van der Waals surface area (Å²) in [6.45, 7) is 0. The van der Waals surface area contributed by atoms with Crippen molar-refractivity contribution >= 4 is 40.1 Å². The molecule has 2 aromatic heterocycles. The molecule has 0 bridgehead atoms. The third-order valence-corrected chi connectivity index (χ3v) is 5.59. The first-order valence-corrected chi connectivity index (χ1v) is 9.43. The molecule has 1 aliphatic rings. The number of nitrogens with zero attached hydrogens (tertiary/aromatic N) is 3. The Balaban J connectivity index is 1.64. The Morgan fingerprint density at radius 2 is 1.97 bits per heavy atom. The molecule has 0 saturated carbocycles. The van der Waals surface area contributed by atoms with Crippen molar-refractivity contribution in [1.29, 1.82) is 0 Å². The van der Waals surface area contributed by atoms with Crippen molar-refractivity contribution in [1.82, 2.24) is 14.5 Å². The highest BCUT2D eigenvalue weighted by Crippen LogP contribution is 2.38. The summed E-state index contributed by atoms with van der Waals surface area (Å²) in [6.07, 6.45) is -2.98. The molecule has 0 radical (unpaired) electrons. The van der Waals surface area contributed by atoms with Gasteiger partial charge in [-0.1, -0.05) is 29.3 Å². The number of aliphatic hydroxyl groups excluding tert-OH is 3. The summed E-state index contributed by atoms with van der Waals surface area (Å²) in [7, 11) is 1.46. The molecule has 0 spiro atoms. The van der Waals surface area contributed by atoms with E-state index < -0.39 is 30.6 Å². The highest BCUT2D eigenvalue weighted by Gasteiger charge is 2.47. The SMILES string of the molecule is CONc1ncnc2c1ccn2[C@@H]1O[C@H]([C@H](O)c2ccc(Cl)c(Cl)c2)[C@@H](O)[C@H]1O. The number of anilines is 1. The topological polar surface area (TPSA) is 122 Å². The van der Waals surface area contributed by atoms with Gasteiger partial charge >= 0.3 is 0 Å². The molecule has 3 aromatic rings. The number of aromatic nitrogens is 3. The maximum atomic E-state index is 10.7. The van der Waals surface area contributed by atoms with Crippen LogP contribution in [0.2, 0.25) is 10.0 Å². The summed E-state index contributed by atoms with van der Waals surface area (Å²) in [6, 6.07) is 6.33. The highest BCUT2D eigenvalue weighted by molar-refractivity contribution is 6.42. The lowest BCUT2D eigenvalue weighted by Crippen LogP contribution is -2.34. The quantitative estimate of drug-likeness (QED) is 0.444. The number of hydrogen-bond donors (Lipinski definition) is 4. The van der Waals surface area contributed by atoms with Crippen molar-refractivity contribution in [2.45, 2.75) is 30.6 Å². The number of benzene rings is 1. The van der Waals surface area contributed by atoms with Crippen molar-refractivity contribution in [3.63, 3.8) is 0 Å². The zero-order chi connectivity index (χ0) is 20.7. The average molecular weight is 441 g/mol. The van der Waals surface area contributed by atoms with Gasteiger partial charge in [-0.2, -0.15) is 0 Å². The average Bonchev–Trinajstić information content (AvgIpc) is 3.26. The van der Waals surface area contributed by atoms with E-state index in [0.29, 0.717) is 27.4 Å². The first-order chi connectivity index (χ1) is 13.9. The van der Waals surface area contributed by atoms with Crippen LogP contribution in [0.3, 0.4) is 0 Å². The summed E-state index contributed by atoms with van der Waals surface area (Å²) >= 11 is 11.9. The van der Waals surface area contributed by atoms with Gasteiger partial charge in [-0.25, -0.2) is 15.4 Å². The zero-order valence-electron chi connectivity index (χ0n) is 15.1. The molecular weight excluding hydrogens is 423 g/mol. The Hall–Kier alpha value is -1.98. The van der Waals surface area contributed by atoms with Crippen LogP contribution in [0.5, 0.6) is 0 Å². The van der Waals surface area contributed by atoms with Gasteiger partial charge in [0.25, 0.3) is 0 Å². The molecule has 1 fully saturated rings. The van der Waals surface area contributed by atoms with E-state index in [4.69, 9.17) is 32.8 Å². The van der Waals surface area contributed by atoms with E-state index in [1.54, 1.807) is 29.0 Å².